The Labute approximate surface area is 98.0 Å². The molecule has 5 heteroatoms. The summed E-state index contributed by atoms with van der Waals surface area (Å²) in [5.74, 6) is -0.365. The molecular weight excluding hydrogens is 292 g/mol. The Balaban J connectivity index is 2.94. The summed E-state index contributed by atoms with van der Waals surface area (Å²) in [7, 11) is 0. The topological polar surface area (TPSA) is 12.9 Å². The van der Waals surface area contributed by atoms with E-state index in [1.807, 2.05) is 0 Å². The van der Waals surface area contributed by atoms with Crippen molar-refractivity contribution in [2.45, 2.75) is 0 Å². The van der Waals surface area contributed by atoms with Gasteiger partial charge in [0.05, 0.1) is 10.5 Å². The number of pyridine rings is 1. The van der Waals surface area contributed by atoms with Gasteiger partial charge in [0.25, 0.3) is 0 Å². The van der Waals surface area contributed by atoms with E-state index in [9.17, 15) is 4.39 Å². The van der Waals surface area contributed by atoms with Gasteiger partial charge in [0.1, 0.15) is 11.0 Å². The molecule has 2 aromatic rings. The van der Waals surface area contributed by atoms with E-state index >= 15 is 0 Å². The molecule has 0 unspecified atom stereocenters. The number of rotatable bonds is 0. The average molecular weight is 295 g/mol. The second-order valence-corrected chi connectivity index (χ2v) is 4.36. The van der Waals surface area contributed by atoms with Crippen LogP contribution in [0.25, 0.3) is 10.9 Å². The summed E-state index contributed by atoms with van der Waals surface area (Å²) in [6.07, 6.45) is 0. The SMILES string of the molecule is Fc1cc(Br)c2nc(Cl)cc(Cl)c2c1. The summed E-state index contributed by atoms with van der Waals surface area (Å²) in [4.78, 5) is 4.04. The zero-order valence-corrected chi connectivity index (χ0v) is 9.79. The van der Waals surface area contributed by atoms with Crippen molar-refractivity contribution in [3.8, 4) is 0 Å². The molecule has 14 heavy (non-hydrogen) atoms. The van der Waals surface area contributed by atoms with Gasteiger partial charge in [-0.2, -0.15) is 0 Å². The number of aromatic nitrogens is 1. The van der Waals surface area contributed by atoms with E-state index in [4.69, 9.17) is 23.2 Å². The van der Waals surface area contributed by atoms with Crippen LogP contribution in [0.4, 0.5) is 4.39 Å². The molecule has 2 rings (SSSR count). The van der Waals surface area contributed by atoms with Gasteiger partial charge in [-0.05, 0) is 34.1 Å². The quantitative estimate of drug-likeness (QED) is 0.655. The summed E-state index contributed by atoms with van der Waals surface area (Å²) in [5.41, 5.74) is 0.559. The van der Waals surface area contributed by atoms with Crippen molar-refractivity contribution in [1.82, 2.24) is 4.98 Å². The first-order valence-electron chi connectivity index (χ1n) is 3.69. The van der Waals surface area contributed by atoms with Gasteiger partial charge in [-0.1, -0.05) is 23.2 Å². The first-order chi connectivity index (χ1) is 6.58. The molecule has 0 fully saturated rings. The van der Waals surface area contributed by atoms with Crippen molar-refractivity contribution in [3.63, 3.8) is 0 Å². The Bertz CT molecular complexity index is 468. The van der Waals surface area contributed by atoms with Gasteiger partial charge in [-0.25, -0.2) is 9.37 Å². The summed E-state index contributed by atoms with van der Waals surface area (Å²) in [6, 6.07) is 4.13. The van der Waals surface area contributed by atoms with Crippen LogP contribution in [0, 0.1) is 5.82 Å². The number of fused-ring (bicyclic) bond motifs is 1. The third kappa shape index (κ3) is 1.72. The highest BCUT2D eigenvalue weighted by Gasteiger charge is 2.08. The lowest BCUT2D eigenvalue weighted by molar-refractivity contribution is 0.629. The lowest BCUT2D eigenvalue weighted by Gasteiger charge is -2.03. The highest BCUT2D eigenvalue weighted by molar-refractivity contribution is 9.10. The van der Waals surface area contributed by atoms with Gasteiger partial charge in [0.15, 0.2) is 0 Å². The smallest absolute Gasteiger partial charge is 0.131 e. The van der Waals surface area contributed by atoms with Crippen molar-refractivity contribution in [2.75, 3.05) is 0 Å². The van der Waals surface area contributed by atoms with Crippen LogP contribution in [0.5, 0.6) is 0 Å². The number of halogens is 4. The van der Waals surface area contributed by atoms with Crippen molar-refractivity contribution in [3.05, 3.63) is 38.7 Å². The third-order valence-electron chi connectivity index (χ3n) is 1.75. The lowest BCUT2D eigenvalue weighted by atomic mass is 10.2. The zero-order chi connectivity index (χ0) is 10.3. The Morgan fingerprint density at radius 2 is 1.93 bits per heavy atom. The summed E-state index contributed by atoms with van der Waals surface area (Å²) >= 11 is 14.8. The second-order valence-electron chi connectivity index (χ2n) is 2.71. The van der Waals surface area contributed by atoms with Gasteiger partial charge < -0.3 is 0 Å². The monoisotopic (exact) mass is 293 g/mol. The molecule has 0 amide bonds. The summed E-state index contributed by atoms with van der Waals surface area (Å²) in [5, 5.41) is 1.22. The van der Waals surface area contributed by atoms with E-state index in [0.717, 1.165) is 0 Å². The molecule has 0 N–H and O–H groups in total. The van der Waals surface area contributed by atoms with E-state index in [1.165, 1.54) is 18.2 Å². The van der Waals surface area contributed by atoms with Crippen LogP contribution in [-0.4, -0.2) is 4.98 Å². The predicted molar refractivity (Wildman–Crippen MR) is 59.4 cm³/mol. The molecule has 0 aliphatic carbocycles. The van der Waals surface area contributed by atoms with Crippen molar-refractivity contribution in [2.24, 2.45) is 0 Å². The Hall–Kier alpha value is -0.380. The summed E-state index contributed by atoms with van der Waals surface area (Å²) in [6.45, 7) is 0. The van der Waals surface area contributed by atoms with Gasteiger partial charge in [-0.15, -0.1) is 0 Å². The molecule has 1 nitrogen and oxygen atoms in total. The minimum Gasteiger partial charge on any atom is -0.235 e. The normalized spacial score (nSPS) is 10.9. The van der Waals surface area contributed by atoms with Crippen LogP contribution in [0.3, 0.4) is 0 Å². The Kier molecular flexibility index (Phi) is 2.64. The van der Waals surface area contributed by atoms with Crippen molar-refractivity contribution in [1.29, 1.82) is 0 Å². The highest BCUT2D eigenvalue weighted by atomic mass is 79.9. The molecule has 0 saturated heterocycles. The molecule has 0 bridgehead atoms. The van der Waals surface area contributed by atoms with E-state index < -0.39 is 0 Å². The van der Waals surface area contributed by atoms with E-state index in [1.54, 1.807) is 0 Å². The van der Waals surface area contributed by atoms with E-state index in [-0.39, 0.29) is 11.0 Å². The first kappa shape index (κ1) is 10.1. The standard InChI is InChI=1S/C9H3BrCl2FN/c10-6-2-4(13)1-5-7(11)3-8(12)14-9(5)6/h1-3H. The van der Waals surface area contributed by atoms with Crippen molar-refractivity contribution >= 4 is 50.0 Å². The fourth-order valence-electron chi connectivity index (χ4n) is 1.18. The highest BCUT2D eigenvalue weighted by Crippen LogP contribution is 2.30. The van der Waals surface area contributed by atoms with Crippen LogP contribution in [0.15, 0.2) is 22.7 Å². The molecule has 1 aromatic heterocycles. The number of nitrogens with zero attached hydrogens (tertiary/aromatic N) is 1. The molecule has 0 aliphatic rings. The van der Waals surface area contributed by atoms with Gasteiger partial charge >= 0.3 is 0 Å². The predicted octanol–water partition coefficient (Wildman–Crippen LogP) is 4.44. The van der Waals surface area contributed by atoms with E-state index in [2.05, 4.69) is 20.9 Å². The zero-order valence-electron chi connectivity index (χ0n) is 6.69. The Morgan fingerprint density at radius 1 is 1.21 bits per heavy atom. The van der Waals surface area contributed by atoms with Crippen LogP contribution in [0.1, 0.15) is 0 Å². The summed E-state index contributed by atoms with van der Waals surface area (Å²) < 4.78 is 13.6. The second kappa shape index (κ2) is 3.65. The maximum absolute atomic E-state index is 13.0. The van der Waals surface area contributed by atoms with Gasteiger partial charge in [0.2, 0.25) is 0 Å². The molecular formula is C9H3BrCl2FN. The fourth-order valence-corrected chi connectivity index (χ4v) is 2.20. The fraction of sp³-hybridized carbons (Fsp3) is 0. The van der Waals surface area contributed by atoms with Gasteiger partial charge in [0, 0.05) is 9.86 Å². The lowest BCUT2D eigenvalue weighted by Crippen LogP contribution is -1.85. The van der Waals surface area contributed by atoms with Gasteiger partial charge in [-0.3, -0.25) is 0 Å². The Morgan fingerprint density at radius 3 is 2.64 bits per heavy atom. The first-order valence-corrected chi connectivity index (χ1v) is 5.23. The average Bonchev–Trinajstić information content (AvgIpc) is 2.07. The number of hydrogen-bond donors (Lipinski definition) is 0. The maximum atomic E-state index is 13.0. The largest absolute Gasteiger partial charge is 0.235 e. The minimum absolute atomic E-state index is 0.287. The number of hydrogen-bond acceptors (Lipinski definition) is 1. The minimum atomic E-state index is -0.365. The molecule has 0 aliphatic heterocycles. The van der Waals surface area contributed by atoms with Crippen LogP contribution >= 0.6 is 39.1 Å². The van der Waals surface area contributed by atoms with Crippen LogP contribution in [-0.2, 0) is 0 Å². The molecule has 0 saturated carbocycles. The van der Waals surface area contributed by atoms with Crippen LogP contribution in [0.2, 0.25) is 10.2 Å². The third-order valence-corrected chi connectivity index (χ3v) is 2.86. The molecule has 1 aromatic carbocycles. The molecule has 0 spiro atoms. The van der Waals surface area contributed by atoms with Crippen molar-refractivity contribution < 1.29 is 4.39 Å². The molecule has 0 radical (unpaired) electrons. The van der Waals surface area contributed by atoms with Crippen LogP contribution < -0.4 is 0 Å². The van der Waals surface area contributed by atoms with E-state index in [0.29, 0.717) is 20.4 Å². The maximum Gasteiger partial charge on any atom is 0.131 e. The molecule has 0 atom stereocenters. The number of benzene rings is 1. The molecule has 72 valence electrons. The molecule has 1 heterocycles.